The molecule has 0 saturated carbocycles. The summed E-state index contributed by atoms with van der Waals surface area (Å²) in [7, 11) is 0. The van der Waals surface area contributed by atoms with E-state index in [2.05, 4.69) is 22.0 Å². The Morgan fingerprint density at radius 2 is 2.38 bits per heavy atom. The van der Waals surface area contributed by atoms with Crippen LogP contribution < -0.4 is 0 Å². The van der Waals surface area contributed by atoms with E-state index in [9.17, 15) is 0 Å². The smallest absolute Gasteiger partial charge is 0.104 e. The topological polar surface area (TPSA) is 48.9 Å². The van der Waals surface area contributed by atoms with Gasteiger partial charge in [-0.3, -0.25) is 5.10 Å². The molecule has 0 aliphatic heterocycles. The van der Waals surface area contributed by atoms with E-state index in [1.807, 2.05) is 18.2 Å². The van der Waals surface area contributed by atoms with Gasteiger partial charge >= 0.3 is 0 Å². The van der Waals surface area contributed by atoms with Crippen molar-refractivity contribution >= 4 is 10.9 Å². The molecule has 13 heavy (non-hydrogen) atoms. The number of hydrogen-bond donors (Lipinski definition) is 2. The first-order valence-corrected chi connectivity index (χ1v) is 3.93. The van der Waals surface area contributed by atoms with Crippen molar-refractivity contribution < 1.29 is 5.11 Å². The zero-order valence-electron chi connectivity index (χ0n) is 6.91. The fourth-order valence-electron chi connectivity index (χ4n) is 1.16. The summed E-state index contributed by atoms with van der Waals surface area (Å²) in [6.45, 7) is -0.108. The third kappa shape index (κ3) is 1.53. The van der Waals surface area contributed by atoms with Crippen LogP contribution in [0.4, 0.5) is 0 Å². The van der Waals surface area contributed by atoms with Crippen LogP contribution in [-0.4, -0.2) is 21.9 Å². The zero-order chi connectivity index (χ0) is 9.10. The lowest BCUT2D eigenvalue weighted by Crippen LogP contribution is -1.76. The average Bonchev–Trinajstić information content (AvgIpc) is 2.61. The molecule has 0 aliphatic rings. The lowest BCUT2D eigenvalue weighted by Gasteiger charge is -1.89. The highest BCUT2D eigenvalue weighted by Gasteiger charge is 1.94. The van der Waals surface area contributed by atoms with Gasteiger partial charge in [0, 0.05) is 10.9 Å². The molecule has 0 aliphatic carbocycles. The van der Waals surface area contributed by atoms with Crippen LogP contribution in [0.25, 0.3) is 10.9 Å². The van der Waals surface area contributed by atoms with Gasteiger partial charge in [-0.1, -0.05) is 11.8 Å². The van der Waals surface area contributed by atoms with Gasteiger partial charge in [0.2, 0.25) is 0 Å². The summed E-state index contributed by atoms with van der Waals surface area (Å²) in [6, 6.07) is 5.74. The minimum atomic E-state index is -0.108. The van der Waals surface area contributed by atoms with Crippen LogP contribution >= 0.6 is 0 Å². The Bertz CT molecular complexity index is 476. The molecule has 1 aromatic heterocycles. The van der Waals surface area contributed by atoms with Crippen molar-refractivity contribution in [2.75, 3.05) is 6.61 Å². The lowest BCUT2D eigenvalue weighted by molar-refractivity contribution is 0.350. The molecule has 0 atom stereocenters. The Labute approximate surface area is 75.4 Å². The zero-order valence-corrected chi connectivity index (χ0v) is 6.91. The fourth-order valence-corrected chi connectivity index (χ4v) is 1.16. The van der Waals surface area contributed by atoms with Crippen molar-refractivity contribution in [3.8, 4) is 11.8 Å². The van der Waals surface area contributed by atoms with Gasteiger partial charge in [-0.25, -0.2) is 0 Å². The van der Waals surface area contributed by atoms with Gasteiger partial charge in [-0.05, 0) is 18.2 Å². The normalized spacial score (nSPS) is 9.62. The van der Waals surface area contributed by atoms with Crippen LogP contribution in [0.1, 0.15) is 5.56 Å². The van der Waals surface area contributed by atoms with E-state index in [4.69, 9.17) is 5.11 Å². The van der Waals surface area contributed by atoms with Crippen LogP contribution in [0.5, 0.6) is 0 Å². The van der Waals surface area contributed by atoms with Gasteiger partial charge in [0.05, 0.1) is 11.7 Å². The van der Waals surface area contributed by atoms with Crippen molar-refractivity contribution in [3.63, 3.8) is 0 Å². The summed E-state index contributed by atoms with van der Waals surface area (Å²) in [4.78, 5) is 0. The predicted molar refractivity (Wildman–Crippen MR) is 50.1 cm³/mol. The van der Waals surface area contributed by atoms with E-state index in [0.29, 0.717) is 0 Å². The first-order chi connectivity index (χ1) is 6.40. The number of fused-ring (bicyclic) bond motifs is 1. The molecule has 0 unspecified atom stereocenters. The SMILES string of the molecule is OCC#Cc1ccc2[nH]ncc2c1. The van der Waals surface area contributed by atoms with Crippen molar-refractivity contribution in [1.29, 1.82) is 0 Å². The van der Waals surface area contributed by atoms with Gasteiger partial charge in [0.25, 0.3) is 0 Å². The second-order valence-electron chi connectivity index (χ2n) is 2.63. The highest BCUT2D eigenvalue weighted by Crippen LogP contribution is 2.11. The average molecular weight is 172 g/mol. The summed E-state index contributed by atoms with van der Waals surface area (Å²) in [6.07, 6.45) is 1.75. The molecule has 0 spiro atoms. The molecule has 64 valence electrons. The van der Waals surface area contributed by atoms with E-state index in [1.165, 1.54) is 0 Å². The van der Waals surface area contributed by atoms with E-state index in [-0.39, 0.29) is 6.61 Å². The first-order valence-electron chi connectivity index (χ1n) is 3.93. The molecule has 2 rings (SSSR count). The molecule has 2 aromatic rings. The summed E-state index contributed by atoms with van der Waals surface area (Å²) in [5, 5.41) is 16.3. The summed E-state index contributed by atoms with van der Waals surface area (Å²) in [5.74, 6) is 5.43. The van der Waals surface area contributed by atoms with E-state index >= 15 is 0 Å². The second kappa shape index (κ2) is 3.30. The quantitative estimate of drug-likeness (QED) is 0.580. The van der Waals surface area contributed by atoms with Crippen LogP contribution in [0.15, 0.2) is 24.4 Å². The van der Waals surface area contributed by atoms with E-state index in [1.54, 1.807) is 6.20 Å². The highest BCUT2D eigenvalue weighted by atomic mass is 16.2. The Morgan fingerprint density at radius 3 is 3.23 bits per heavy atom. The van der Waals surface area contributed by atoms with Crippen LogP contribution in [0.2, 0.25) is 0 Å². The number of aliphatic hydroxyl groups is 1. The molecule has 2 N–H and O–H groups in total. The second-order valence-corrected chi connectivity index (χ2v) is 2.63. The standard InChI is InChI=1S/C10H8N2O/c13-5-1-2-8-3-4-10-9(6-8)7-11-12-10/h3-4,6-7,13H,5H2,(H,11,12). The third-order valence-corrected chi connectivity index (χ3v) is 1.75. The van der Waals surface area contributed by atoms with Gasteiger partial charge in [0.15, 0.2) is 0 Å². The Kier molecular flexibility index (Phi) is 1.99. The number of nitrogens with one attached hydrogen (secondary N) is 1. The van der Waals surface area contributed by atoms with Crippen LogP contribution in [0.3, 0.4) is 0 Å². The maximum absolute atomic E-state index is 8.51. The maximum Gasteiger partial charge on any atom is 0.104 e. The van der Waals surface area contributed by atoms with Gasteiger partial charge in [0.1, 0.15) is 6.61 Å². The minimum Gasteiger partial charge on any atom is -0.384 e. The van der Waals surface area contributed by atoms with Crippen LogP contribution in [-0.2, 0) is 0 Å². The lowest BCUT2D eigenvalue weighted by atomic mass is 10.2. The van der Waals surface area contributed by atoms with Gasteiger partial charge in [-0.2, -0.15) is 5.10 Å². The van der Waals surface area contributed by atoms with Crippen molar-refractivity contribution in [2.45, 2.75) is 0 Å². The molecular formula is C10H8N2O. The fraction of sp³-hybridized carbons (Fsp3) is 0.100. The molecule has 0 fully saturated rings. The molecule has 0 bridgehead atoms. The molecule has 3 heteroatoms. The number of nitrogens with zero attached hydrogens (tertiary/aromatic N) is 1. The van der Waals surface area contributed by atoms with E-state index in [0.717, 1.165) is 16.5 Å². The number of aliphatic hydroxyl groups excluding tert-OH is 1. The third-order valence-electron chi connectivity index (χ3n) is 1.75. The van der Waals surface area contributed by atoms with Crippen molar-refractivity contribution in [2.24, 2.45) is 0 Å². The summed E-state index contributed by atoms with van der Waals surface area (Å²) < 4.78 is 0. The molecule has 0 saturated heterocycles. The van der Waals surface area contributed by atoms with E-state index < -0.39 is 0 Å². The molecule has 3 nitrogen and oxygen atoms in total. The molecule has 1 aromatic carbocycles. The van der Waals surface area contributed by atoms with Crippen LogP contribution in [0, 0.1) is 11.8 Å². The number of H-pyrrole nitrogens is 1. The van der Waals surface area contributed by atoms with Gasteiger partial charge < -0.3 is 5.11 Å². The predicted octanol–water partition coefficient (Wildman–Crippen LogP) is 0.907. The number of hydrogen-bond acceptors (Lipinski definition) is 2. The molecule has 0 amide bonds. The number of rotatable bonds is 0. The summed E-state index contributed by atoms with van der Waals surface area (Å²) >= 11 is 0. The monoisotopic (exact) mass is 172 g/mol. The largest absolute Gasteiger partial charge is 0.384 e. The number of benzene rings is 1. The minimum absolute atomic E-state index is 0.108. The maximum atomic E-state index is 8.51. The van der Waals surface area contributed by atoms with Gasteiger partial charge in [-0.15, -0.1) is 0 Å². The summed E-state index contributed by atoms with van der Waals surface area (Å²) in [5.41, 5.74) is 1.89. The highest BCUT2D eigenvalue weighted by molar-refractivity contribution is 5.79. The first kappa shape index (κ1) is 7.84. The van der Waals surface area contributed by atoms with Crippen molar-refractivity contribution in [3.05, 3.63) is 30.0 Å². The number of aromatic nitrogens is 2. The Morgan fingerprint density at radius 1 is 1.46 bits per heavy atom. The Hall–Kier alpha value is -1.79. The molecule has 0 radical (unpaired) electrons. The molecular weight excluding hydrogens is 164 g/mol. The molecule has 1 heterocycles. The van der Waals surface area contributed by atoms with Crippen molar-refractivity contribution in [1.82, 2.24) is 10.2 Å². The Balaban J connectivity index is 2.48. The number of aromatic amines is 1.